The van der Waals surface area contributed by atoms with Crippen molar-refractivity contribution in [2.24, 2.45) is 0 Å². The SMILES string of the molecule is Cc1c2ccccc2cc2ccc(O)c(C=O)c12. The summed E-state index contributed by atoms with van der Waals surface area (Å²) < 4.78 is 0. The maximum Gasteiger partial charge on any atom is 0.154 e. The van der Waals surface area contributed by atoms with Crippen molar-refractivity contribution in [1.82, 2.24) is 0 Å². The average molecular weight is 236 g/mol. The molecule has 0 aromatic heterocycles. The van der Waals surface area contributed by atoms with Gasteiger partial charge in [-0.15, -0.1) is 0 Å². The van der Waals surface area contributed by atoms with Gasteiger partial charge in [-0.3, -0.25) is 4.79 Å². The average Bonchev–Trinajstić information content (AvgIpc) is 2.40. The fourth-order valence-corrected chi connectivity index (χ4v) is 2.55. The second-order valence-corrected chi connectivity index (χ2v) is 4.44. The number of aryl methyl sites for hydroxylation is 1. The molecule has 0 fully saturated rings. The first kappa shape index (κ1) is 10.8. The second kappa shape index (κ2) is 3.84. The van der Waals surface area contributed by atoms with Gasteiger partial charge >= 0.3 is 0 Å². The molecular formula is C16H12O2. The van der Waals surface area contributed by atoms with Crippen LogP contribution in [0.5, 0.6) is 5.75 Å². The van der Waals surface area contributed by atoms with Crippen LogP contribution in [0.2, 0.25) is 0 Å². The zero-order valence-corrected chi connectivity index (χ0v) is 9.97. The standard InChI is InChI=1S/C16H12O2/c1-10-13-5-3-2-4-11(13)8-12-6-7-15(18)14(9-17)16(10)12/h2-9,18H,1H3. The van der Waals surface area contributed by atoms with Gasteiger partial charge < -0.3 is 5.11 Å². The number of aromatic hydroxyl groups is 1. The predicted molar refractivity (Wildman–Crippen MR) is 73.2 cm³/mol. The van der Waals surface area contributed by atoms with Crippen molar-refractivity contribution in [2.45, 2.75) is 6.92 Å². The molecule has 0 aliphatic heterocycles. The van der Waals surface area contributed by atoms with Crippen LogP contribution in [0.4, 0.5) is 0 Å². The topological polar surface area (TPSA) is 37.3 Å². The first-order valence-electron chi connectivity index (χ1n) is 5.81. The summed E-state index contributed by atoms with van der Waals surface area (Å²) in [5, 5.41) is 13.8. The maximum atomic E-state index is 11.2. The molecule has 3 aromatic rings. The maximum absolute atomic E-state index is 11.2. The van der Waals surface area contributed by atoms with Crippen molar-refractivity contribution in [2.75, 3.05) is 0 Å². The third-order valence-corrected chi connectivity index (χ3v) is 3.42. The highest BCUT2D eigenvalue weighted by atomic mass is 16.3. The highest BCUT2D eigenvalue weighted by Gasteiger charge is 2.10. The van der Waals surface area contributed by atoms with E-state index in [4.69, 9.17) is 0 Å². The smallest absolute Gasteiger partial charge is 0.154 e. The first-order valence-corrected chi connectivity index (χ1v) is 5.81. The van der Waals surface area contributed by atoms with Crippen molar-refractivity contribution in [3.8, 4) is 5.75 Å². The van der Waals surface area contributed by atoms with E-state index in [0.717, 1.165) is 33.4 Å². The number of aldehydes is 1. The Balaban J connectivity index is 2.61. The molecule has 0 saturated carbocycles. The molecule has 0 bridgehead atoms. The number of phenolic OH excluding ortho intramolecular Hbond substituents is 1. The van der Waals surface area contributed by atoms with Gasteiger partial charge in [-0.05, 0) is 46.2 Å². The van der Waals surface area contributed by atoms with Crippen molar-refractivity contribution in [3.63, 3.8) is 0 Å². The van der Waals surface area contributed by atoms with Gasteiger partial charge in [0.15, 0.2) is 6.29 Å². The van der Waals surface area contributed by atoms with E-state index in [-0.39, 0.29) is 5.75 Å². The summed E-state index contributed by atoms with van der Waals surface area (Å²) in [4.78, 5) is 11.2. The van der Waals surface area contributed by atoms with Crippen LogP contribution in [0.15, 0.2) is 42.5 Å². The molecule has 0 unspecified atom stereocenters. The highest BCUT2D eigenvalue weighted by Crippen LogP contribution is 2.33. The predicted octanol–water partition coefficient (Wildman–Crippen LogP) is 3.82. The summed E-state index contributed by atoms with van der Waals surface area (Å²) >= 11 is 0. The van der Waals surface area contributed by atoms with Gasteiger partial charge in [0.05, 0.1) is 5.56 Å². The van der Waals surface area contributed by atoms with Gasteiger partial charge in [-0.2, -0.15) is 0 Å². The van der Waals surface area contributed by atoms with Crippen LogP contribution in [0.3, 0.4) is 0 Å². The number of benzene rings is 3. The minimum Gasteiger partial charge on any atom is -0.507 e. The number of hydrogen-bond donors (Lipinski definition) is 1. The molecule has 18 heavy (non-hydrogen) atoms. The van der Waals surface area contributed by atoms with Crippen LogP contribution in [0.1, 0.15) is 15.9 Å². The van der Waals surface area contributed by atoms with Crippen LogP contribution >= 0.6 is 0 Å². The molecular weight excluding hydrogens is 224 g/mol. The molecule has 2 heteroatoms. The summed E-state index contributed by atoms with van der Waals surface area (Å²) in [5.74, 6) is 0.0379. The lowest BCUT2D eigenvalue weighted by atomic mass is 9.94. The Kier molecular flexibility index (Phi) is 2.30. The van der Waals surface area contributed by atoms with Gasteiger partial charge in [-0.1, -0.05) is 30.3 Å². The van der Waals surface area contributed by atoms with E-state index in [1.54, 1.807) is 6.07 Å². The quantitative estimate of drug-likeness (QED) is 0.515. The molecule has 0 radical (unpaired) electrons. The van der Waals surface area contributed by atoms with Gasteiger partial charge in [0.25, 0.3) is 0 Å². The third-order valence-electron chi connectivity index (χ3n) is 3.42. The Morgan fingerprint density at radius 2 is 1.83 bits per heavy atom. The number of carbonyl (C=O) groups is 1. The number of rotatable bonds is 1. The molecule has 0 aliphatic rings. The number of carbonyl (C=O) groups excluding carboxylic acids is 1. The Morgan fingerprint density at radius 1 is 1.06 bits per heavy atom. The first-order chi connectivity index (χ1) is 8.72. The monoisotopic (exact) mass is 236 g/mol. The van der Waals surface area contributed by atoms with Crippen LogP contribution in [-0.4, -0.2) is 11.4 Å². The Labute approximate surface area is 104 Å². The molecule has 88 valence electrons. The normalized spacial score (nSPS) is 10.9. The van der Waals surface area contributed by atoms with Crippen LogP contribution in [0.25, 0.3) is 21.5 Å². The lowest BCUT2D eigenvalue weighted by Gasteiger charge is -2.10. The number of fused-ring (bicyclic) bond motifs is 2. The molecule has 0 amide bonds. The second-order valence-electron chi connectivity index (χ2n) is 4.44. The molecule has 3 aromatic carbocycles. The van der Waals surface area contributed by atoms with Gasteiger partial charge in [0.1, 0.15) is 5.75 Å². The molecule has 0 atom stereocenters. The fraction of sp³-hybridized carbons (Fsp3) is 0.0625. The third kappa shape index (κ3) is 1.39. The van der Waals surface area contributed by atoms with Crippen molar-refractivity contribution in [1.29, 1.82) is 0 Å². The highest BCUT2D eigenvalue weighted by molar-refractivity contribution is 6.09. The van der Waals surface area contributed by atoms with E-state index in [1.807, 2.05) is 37.3 Å². The molecule has 0 heterocycles. The zero-order chi connectivity index (χ0) is 12.7. The van der Waals surface area contributed by atoms with Crippen LogP contribution < -0.4 is 0 Å². The molecule has 3 rings (SSSR count). The lowest BCUT2D eigenvalue weighted by Crippen LogP contribution is -1.90. The van der Waals surface area contributed by atoms with E-state index in [1.165, 1.54) is 0 Å². The summed E-state index contributed by atoms with van der Waals surface area (Å²) in [7, 11) is 0. The van der Waals surface area contributed by atoms with Crippen molar-refractivity contribution < 1.29 is 9.90 Å². The van der Waals surface area contributed by atoms with Crippen molar-refractivity contribution in [3.05, 3.63) is 53.6 Å². The van der Waals surface area contributed by atoms with Crippen molar-refractivity contribution >= 4 is 27.8 Å². The van der Waals surface area contributed by atoms with Gasteiger partial charge in [0, 0.05) is 0 Å². The minimum absolute atomic E-state index is 0.0379. The summed E-state index contributed by atoms with van der Waals surface area (Å²) in [6, 6.07) is 13.5. The van der Waals surface area contributed by atoms with E-state index < -0.39 is 0 Å². The minimum atomic E-state index is 0.0379. The van der Waals surface area contributed by atoms with E-state index in [0.29, 0.717) is 5.56 Å². The van der Waals surface area contributed by atoms with Crippen LogP contribution in [0, 0.1) is 6.92 Å². The summed E-state index contributed by atoms with van der Waals surface area (Å²) in [6.45, 7) is 1.98. The summed E-state index contributed by atoms with van der Waals surface area (Å²) in [6.07, 6.45) is 0.722. The molecule has 1 N–H and O–H groups in total. The molecule has 0 spiro atoms. The molecule has 2 nitrogen and oxygen atoms in total. The number of hydrogen-bond acceptors (Lipinski definition) is 2. The van der Waals surface area contributed by atoms with E-state index in [2.05, 4.69) is 6.07 Å². The van der Waals surface area contributed by atoms with Crippen LogP contribution in [-0.2, 0) is 0 Å². The Hall–Kier alpha value is -2.35. The van der Waals surface area contributed by atoms with Gasteiger partial charge in [0.2, 0.25) is 0 Å². The fourth-order valence-electron chi connectivity index (χ4n) is 2.55. The zero-order valence-electron chi connectivity index (χ0n) is 9.97. The largest absolute Gasteiger partial charge is 0.507 e. The number of phenols is 1. The summed E-state index contributed by atoms with van der Waals surface area (Å²) in [5.41, 5.74) is 1.40. The Bertz CT molecular complexity index is 773. The van der Waals surface area contributed by atoms with E-state index in [9.17, 15) is 9.90 Å². The lowest BCUT2D eigenvalue weighted by molar-refractivity contribution is 0.112. The molecule has 0 saturated heterocycles. The Morgan fingerprint density at radius 3 is 2.61 bits per heavy atom. The van der Waals surface area contributed by atoms with Gasteiger partial charge in [-0.25, -0.2) is 0 Å². The molecule has 0 aliphatic carbocycles. The van der Waals surface area contributed by atoms with E-state index >= 15 is 0 Å².